The van der Waals surface area contributed by atoms with Gasteiger partial charge in [0.15, 0.2) is 0 Å². The fourth-order valence-electron chi connectivity index (χ4n) is 6.65. The normalized spacial score (nSPS) is 26.5. The molecule has 0 aromatic heterocycles. The standard InChI is InChI=1S/C15H29F2N3.C15H31N3.2C2H6/c1-4-18-6-5-14(15(16,17)12-18)11-19-7-9-20(10-8-19)13(2)3;1-13(2)17-8-5-14(6-9-17)11-18-10-7-16-12-15(18,3)4;2*1-2/h13-14H,4-12H2,1-3H3;13-14,16H,5-12H2,1-4H3;2*1-2H3. The van der Waals surface area contributed by atoms with E-state index in [-0.39, 0.29) is 6.54 Å². The van der Waals surface area contributed by atoms with E-state index < -0.39 is 11.8 Å². The summed E-state index contributed by atoms with van der Waals surface area (Å²) in [4.78, 5) is 11.9. The molecule has 0 spiro atoms. The van der Waals surface area contributed by atoms with Gasteiger partial charge in [-0.15, -0.1) is 0 Å². The number of rotatable bonds is 7. The second kappa shape index (κ2) is 19.9. The highest BCUT2D eigenvalue weighted by atomic mass is 19.3. The molecule has 8 heteroatoms. The molecule has 1 atom stereocenters. The van der Waals surface area contributed by atoms with E-state index >= 15 is 0 Å². The van der Waals surface area contributed by atoms with Crippen molar-refractivity contribution in [1.82, 2.24) is 29.8 Å². The molecule has 4 rings (SSSR count). The molecule has 4 fully saturated rings. The average Bonchev–Trinajstić information content (AvgIpc) is 2.98. The fourth-order valence-corrected chi connectivity index (χ4v) is 6.65. The van der Waals surface area contributed by atoms with Crippen molar-refractivity contribution < 1.29 is 8.78 Å². The van der Waals surface area contributed by atoms with Gasteiger partial charge in [-0.05, 0) is 92.9 Å². The largest absolute Gasteiger partial charge is 0.314 e. The van der Waals surface area contributed by atoms with Crippen molar-refractivity contribution in [2.24, 2.45) is 11.8 Å². The van der Waals surface area contributed by atoms with Gasteiger partial charge in [0.25, 0.3) is 5.92 Å². The zero-order valence-electron chi connectivity index (χ0n) is 29.8. The Hall–Kier alpha value is -0.380. The molecule has 0 radical (unpaired) electrons. The topological polar surface area (TPSA) is 28.2 Å². The SMILES string of the molecule is CC.CC.CC(C)N1CCC(CN2CCNCC2(C)C)CC1.CCN1CCC(CN2CCN(C(C)C)CC2)C(F)(F)C1. The van der Waals surface area contributed by atoms with Crippen LogP contribution < -0.4 is 5.32 Å². The van der Waals surface area contributed by atoms with Gasteiger partial charge in [-0.2, -0.15) is 0 Å². The van der Waals surface area contributed by atoms with Crippen LogP contribution in [0.5, 0.6) is 0 Å². The zero-order valence-corrected chi connectivity index (χ0v) is 29.8. The Kier molecular flexibility index (Phi) is 18.8. The van der Waals surface area contributed by atoms with Gasteiger partial charge in [0, 0.05) is 82.4 Å². The second-order valence-corrected chi connectivity index (χ2v) is 13.6. The maximum Gasteiger partial charge on any atom is 0.264 e. The highest BCUT2D eigenvalue weighted by molar-refractivity contribution is 4.91. The van der Waals surface area contributed by atoms with Crippen molar-refractivity contribution in [3.05, 3.63) is 0 Å². The highest BCUT2D eigenvalue weighted by Gasteiger charge is 2.44. The molecule has 6 nitrogen and oxygen atoms in total. The number of piperidine rings is 2. The summed E-state index contributed by atoms with van der Waals surface area (Å²) in [6, 6.07) is 1.29. The molecule has 4 heterocycles. The van der Waals surface area contributed by atoms with Crippen LogP contribution >= 0.6 is 0 Å². The quantitative estimate of drug-likeness (QED) is 0.394. The van der Waals surface area contributed by atoms with E-state index in [1.165, 1.54) is 39.0 Å². The van der Waals surface area contributed by atoms with Crippen LogP contribution in [0.25, 0.3) is 0 Å². The molecule has 0 aromatic carbocycles. The van der Waals surface area contributed by atoms with E-state index in [1.54, 1.807) is 0 Å². The minimum Gasteiger partial charge on any atom is -0.314 e. The Bertz CT molecular complexity index is 673. The maximum absolute atomic E-state index is 14.2. The summed E-state index contributed by atoms with van der Waals surface area (Å²) in [5, 5.41) is 3.51. The number of hydrogen-bond donors (Lipinski definition) is 1. The van der Waals surface area contributed by atoms with Crippen LogP contribution in [0.1, 0.15) is 95.4 Å². The van der Waals surface area contributed by atoms with Crippen LogP contribution in [0.15, 0.2) is 0 Å². The maximum atomic E-state index is 14.2. The summed E-state index contributed by atoms with van der Waals surface area (Å²) in [6.07, 6.45) is 3.40. The minimum absolute atomic E-state index is 0.0554. The molecule has 42 heavy (non-hydrogen) atoms. The van der Waals surface area contributed by atoms with Gasteiger partial charge in [-0.1, -0.05) is 34.6 Å². The van der Waals surface area contributed by atoms with Crippen molar-refractivity contribution in [2.75, 3.05) is 91.6 Å². The predicted octanol–water partition coefficient (Wildman–Crippen LogP) is 5.83. The van der Waals surface area contributed by atoms with Crippen molar-refractivity contribution in [3.63, 3.8) is 0 Å². The third-order valence-electron chi connectivity index (χ3n) is 9.72. The Morgan fingerprint density at radius 3 is 1.74 bits per heavy atom. The Balaban J connectivity index is 0.000000377. The first-order valence-corrected chi connectivity index (χ1v) is 17.7. The molecule has 0 amide bonds. The van der Waals surface area contributed by atoms with Crippen LogP contribution in [0.2, 0.25) is 0 Å². The van der Waals surface area contributed by atoms with Gasteiger partial charge in [0.1, 0.15) is 0 Å². The summed E-state index contributed by atoms with van der Waals surface area (Å²) >= 11 is 0. The molecule has 1 N–H and O–H groups in total. The van der Waals surface area contributed by atoms with E-state index in [2.05, 4.69) is 66.5 Å². The van der Waals surface area contributed by atoms with E-state index in [0.717, 1.165) is 64.3 Å². The predicted molar refractivity (Wildman–Crippen MR) is 179 cm³/mol. The Morgan fingerprint density at radius 1 is 0.714 bits per heavy atom. The monoisotopic (exact) mass is 603 g/mol. The lowest BCUT2D eigenvalue weighted by molar-refractivity contribution is -0.119. The van der Waals surface area contributed by atoms with Crippen LogP contribution in [0.4, 0.5) is 8.78 Å². The van der Waals surface area contributed by atoms with Gasteiger partial charge in [-0.3, -0.25) is 14.7 Å². The molecular weight excluding hydrogens is 530 g/mol. The summed E-state index contributed by atoms with van der Waals surface area (Å²) in [7, 11) is 0. The van der Waals surface area contributed by atoms with Crippen LogP contribution in [0, 0.1) is 11.8 Å². The van der Waals surface area contributed by atoms with Crippen LogP contribution in [-0.4, -0.2) is 140 Å². The summed E-state index contributed by atoms with van der Waals surface area (Å²) in [5.41, 5.74) is 0.341. The van der Waals surface area contributed by atoms with Crippen molar-refractivity contribution in [1.29, 1.82) is 0 Å². The number of nitrogens with zero attached hydrogens (tertiary/aromatic N) is 5. The summed E-state index contributed by atoms with van der Waals surface area (Å²) in [5.74, 6) is -2.07. The number of piperazine rings is 2. The number of likely N-dealkylation sites (tertiary alicyclic amines) is 2. The fraction of sp³-hybridized carbons (Fsp3) is 1.00. The van der Waals surface area contributed by atoms with Crippen molar-refractivity contribution in [2.45, 2.75) is 119 Å². The molecule has 252 valence electrons. The minimum atomic E-state index is -2.52. The molecule has 0 bridgehead atoms. The second-order valence-electron chi connectivity index (χ2n) is 13.6. The third-order valence-corrected chi connectivity index (χ3v) is 9.72. The molecule has 4 aliphatic rings. The lowest BCUT2D eigenvalue weighted by atomic mass is 9.92. The van der Waals surface area contributed by atoms with Gasteiger partial charge in [0.2, 0.25) is 0 Å². The number of alkyl halides is 2. The molecular formula is C34H72F2N6. The molecule has 4 aliphatic heterocycles. The summed E-state index contributed by atoms with van der Waals surface area (Å²) in [6.45, 7) is 37.1. The third kappa shape index (κ3) is 12.9. The first-order valence-electron chi connectivity index (χ1n) is 17.7. The molecule has 1 unspecified atom stereocenters. The number of halogens is 2. The van der Waals surface area contributed by atoms with Crippen molar-refractivity contribution >= 4 is 0 Å². The van der Waals surface area contributed by atoms with E-state index in [4.69, 9.17) is 0 Å². The van der Waals surface area contributed by atoms with E-state index in [9.17, 15) is 8.78 Å². The average molecular weight is 603 g/mol. The van der Waals surface area contributed by atoms with Gasteiger partial charge in [0.05, 0.1) is 6.54 Å². The smallest absolute Gasteiger partial charge is 0.264 e. The van der Waals surface area contributed by atoms with Crippen LogP contribution in [0.3, 0.4) is 0 Å². The molecule has 0 saturated carbocycles. The van der Waals surface area contributed by atoms with E-state index in [0.29, 0.717) is 24.5 Å². The summed E-state index contributed by atoms with van der Waals surface area (Å²) < 4.78 is 28.4. The van der Waals surface area contributed by atoms with Gasteiger partial charge < -0.3 is 15.1 Å². The first-order chi connectivity index (χ1) is 19.9. The van der Waals surface area contributed by atoms with Crippen molar-refractivity contribution in [3.8, 4) is 0 Å². The molecule has 0 aromatic rings. The first kappa shape index (κ1) is 39.6. The lowest BCUT2D eigenvalue weighted by Crippen LogP contribution is -2.59. The van der Waals surface area contributed by atoms with Gasteiger partial charge in [-0.25, -0.2) is 8.78 Å². The zero-order chi connectivity index (χ0) is 31.9. The van der Waals surface area contributed by atoms with Crippen LogP contribution in [-0.2, 0) is 0 Å². The number of hydrogen-bond acceptors (Lipinski definition) is 6. The van der Waals surface area contributed by atoms with Gasteiger partial charge >= 0.3 is 0 Å². The number of nitrogens with one attached hydrogen (secondary N) is 1. The molecule has 4 saturated heterocycles. The lowest BCUT2D eigenvalue weighted by Gasteiger charge is -2.45. The Labute approximate surface area is 260 Å². The Morgan fingerprint density at radius 2 is 1.26 bits per heavy atom. The molecule has 0 aliphatic carbocycles. The van der Waals surface area contributed by atoms with E-state index in [1.807, 2.05) is 39.5 Å². The highest BCUT2D eigenvalue weighted by Crippen LogP contribution is 2.33.